The summed E-state index contributed by atoms with van der Waals surface area (Å²) in [6, 6.07) is 0. The van der Waals surface area contributed by atoms with Gasteiger partial charge in [-0.1, -0.05) is 0 Å². The summed E-state index contributed by atoms with van der Waals surface area (Å²) in [4.78, 5) is 4.40. The van der Waals surface area contributed by atoms with E-state index in [9.17, 15) is 0 Å². The van der Waals surface area contributed by atoms with E-state index in [-0.39, 0.29) is 0 Å². The predicted molar refractivity (Wildman–Crippen MR) is 61.4 cm³/mol. The Kier molecular flexibility index (Phi) is 2.34. The molecule has 2 aromatic heterocycles. The molecule has 0 aliphatic rings. The highest BCUT2D eigenvalue weighted by molar-refractivity contribution is 5.57. The van der Waals surface area contributed by atoms with Crippen LogP contribution in [-0.2, 0) is 0 Å². The number of aromatic nitrogens is 3. The van der Waals surface area contributed by atoms with E-state index in [1.54, 1.807) is 0 Å². The highest BCUT2D eigenvalue weighted by Crippen LogP contribution is 2.19. The van der Waals surface area contributed by atoms with E-state index < -0.39 is 0 Å². The van der Waals surface area contributed by atoms with E-state index in [1.165, 1.54) is 0 Å². The average Bonchev–Trinajstić information content (AvgIpc) is 2.49. The van der Waals surface area contributed by atoms with Gasteiger partial charge in [0.1, 0.15) is 5.82 Å². The molecule has 0 unspecified atom stereocenters. The van der Waals surface area contributed by atoms with Crippen LogP contribution in [0.1, 0.15) is 23.7 Å². The van der Waals surface area contributed by atoms with Crippen LogP contribution in [0.5, 0.6) is 0 Å². The lowest BCUT2D eigenvalue weighted by atomic mass is 10.3. The van der Waals surface area contributed by atoms with Crippen molar-refractivity contribution in [3.63, 3.8) is 0 Å². The minimum atomic E-state index is 0.887. The van der Waals surface area contributed by atoms with E-state index in [0.717, 1.165) is 34.8 Å². The van der Waals surface area contributed by atoms with Gasteiger partial charge in [0.2, 0.25) is 0 Å². The third-order valence-electron chi connectivity index (χ3n) is 2.64. The van der Waals surface area contributed by atoms with Crippen LogP contribution in [0, 0.1) is 20.8 Å². The molecule has 2 heterocycles. The molecule has 2 aromatic rings. The zero-order valence-corrected chi connectivity index (χ0v) is 9.63. The van der Waals surface area contributed by atoms with Crippen molar-refractivity contribution in [3.05, 3.63) is 23.0 Å². The average molecular weight is 204 g/mol. The second kappa shape index (κ2) is 3.53. The molecule has 80 valence electrons. The Morgan fingerprint density at radius 1 is 1.33 bits per heavy atom. The molecule has 15 heavy (non-hydrogen) atoms. The normalized spacial score (nSPS) is 10.9. The summed E-state index contributed by atoms with van der Waals surface area (Å²) in [7, 11) is 0. The van der Waals surface area contributed by atoms with Crippen LogP contribution in [0.25, 0.3) is 5.65 Å². The number of anilines is 1. The van der Waals surface area contributed by atoms with Gasteiger partial charge in [0.15, 0.2) is 5.65 Å². The zero-order chi connectivity index (χ0) is 11.0. The largest absolute Gasteiger partial charge is 0.370 e. The number of nitrogens with zero attached hydrogens (tertiary/aromatic N) is 3. The topological polar surface area (TPSA) is 42.2 Å². The number of rotatable bonds is 2. The summed E-state index contributed by atoms with van der Waals surface area (Å²) in [5, 5.41) is 7.80. The summed E-state index contributed by atoms with van der Waals surface area (Å²) in [5.41, 5.74) is 4.24. The molecule has 2 rings (SSSR count). The predicted octanol–water partition coefficient (Wildman–Crippen LogP) is 2.09. The smallest absolute Gasteiger partial charge is 0.160 e. The molecule has 0 aliphatic heterocycles. The molecular formula is C11H16N4. The Labute approximate surface area is 89.3 Å². The van der Waals surface area contributed by atoms with Gasteiger partial charge in [-0.25, -0.2) is 4.98 Å². The first-order valence-corrected chi connectivity index (χ1v) is 5.20. The number of hydrogen-bond acceptors (Lipinski definition) is 3. The molecule has 0 atom stereocenters. The quantitative estimate of drug-likeness (QED) is 0.814. The first-order chi connectivity index (χ1) is 7.15. The molecule has 4 nitrogen and oxygen atoms in total. The zero-order valence-electron chi connectivity index (χ0n) is 9.63. The fourth-order valence-corrected chi connectivity index (χ4v) is 1.67. The van der Waals surface area contributed by atoms with Gasteiger partial charge in [-0.2, -0.15) is 9.61 Å². The summed E-state index contributed by atoms with van der Waals surface area (Å²) in [6.45, 7) is 9.06. The van der Waals surface area contributed by atoms with Crippen LogP contribution in [-0.4, -0.2) is 21.1 Å². The molecule has 0 saturated carbocycles. The van der Waals surface area contributed by atoms with Gasteiger partial charge in [-0.05, 0) is 27.7 Å². The van der Waals surface area contributed by atoms with Crippen molar-refractivity contribution < 1.29 is 0 Å². The van der Waals surface area contributed by atoms with Crippen molar-refractivity contribution in [2.45, 2.75) is 27.7 Å². The lowest BCUT2D eigenvalue weighted by molar-refractivity contribution is 0.903. The Hall–Kier alpha value is -1.58. The fourth-order valence-electron chi connectivity index (χ4n) is 1.67. The molecule has 4 heteroatoms. The Balaban J connectivity index is 2.75. The second-order valence-electron chi connectivity index (χ2n) is 3.77. The van der Waals surface area contributed by atoms with E-state index in [0.29, 0.717) is 0 Å². The number of hydrogen-bond donors (Lipinski definition) is 1. The standard InChI is InChI=1S/C11H16N4/c1-5-12-10-7(2)6-13-11-8(3)9(4)14-15(10)11/h6,12H,5H2,1-4H3. The molecule has 0 fully saturated rings. The van der Waals surface area contributed by atoms with Crippen LogP contribution in [0.2, 0.25) is 0 Å². The molecule has 0 saturated heterocycles. The van der Waals surface area contributed by atoms with Crippen LogP contribution in [0.15, 0.2) is 6.20 Å². The highest BCUT2D eigenvalue weighted by atomic mass is 15.3. The fraction of sp³-hybridized carbons (Fsp3) is 0.455. The van der Waals surface area contributed by atoms with Gasteiger partial charge < -0.3 is 5.32 Å². The van der Waals surface area contributed by atoms with Crippen molar-refractivity contribution in [1.82, 2.24) is 14.6 Å². The maximum absolute atomic E-state index is 4.48. The Bertz CT molecular complexity index is 499. The lowest BCUT2D eigenvalue weighted by Gasteiger charge is -2.08. The molecule has 0 radical (unpaired) electrons. The molecular weight excluding hydrogens is 188 g/mol. The van der Waals surface area contributed by atoms with Crippen LogP contribution < -0.4 is 5.32 Å². The first kappa shape index (κ1) is 9.96. The second-order valence-corrected chi connectivity index (χ2v) is 3.77. The van der Waals surface area contributed by atoms with Crippen molar-refractivity contribution in [1.29, 1.82) is 0 Å². The van der Waals surface area contributed by atoms with Gasteiger partial charge in [-0.15, -0.1) is 0 Å². The van der Waals surface area contributed by atoms with Crippen molar-refractivity contribution >= 4 is 11.5 Å². The van der Waals surface area contributed by atoms with Gasteiger partial charge in [0, 0.05) is 23.9 Å². The maximum Gasteiger partial charge on any atom is 0.160 e. The number of fused-ring (bicyclic) bond motifs is 1. The van der Waals surface area contributed by atoms with E-state index in [4.69, 9.17) is 0 Å². The number of nitrogens with one attached hydrogen (secondary N) is 1. The highest BCUT2D eigenvalue weighted by Gasteiger charge is 2.10. The summed E-state index contributed by atoms with van der Waals surface area (Å²) >= 11 is 0. The third kappa shape index (κ3) is 1.46. The van der Waals surface area contributed by atoms with Gasteiger partial charge in [-0.3, -0.25) is 0 Å². The summed E-state index contributed by atoms with van der Waals surface area (Å²) < 4.78 is 1.89. The third-order valence-corrected chi connectivity index (χ3v) is 2.64. The van der Waals surface area contributed by atoms with E-state index in [1.807, 2.05) is 24.6 Å². The molecule has 0 aliphatic carbocycles. The minimum absolute atomic E-state index is 0.887. The molecule has 1 N–H and O–H groups in total. The summed E-state index contributed by atoms with van der Waals surface area (Å²) in [5.74, 6) is 1.04. The van der Waals surface area contributed by atoms with Crippen molar-refractivity contribution in [3.8, 4) is 0 Å². The van der Waals surface area contributed by atoms with Crippen molar-refractivity contribution in [2.75, 3.05) is 11.9 Å². The monoisotopic (exact) mass is 204 g/mol. The maximum atomic E-state index is 4.48. The molecule has 0 amide bonds. The van der Waals surface area contributed by atoms with Gasteiger partial charge in [0.05, 0.1) is 5.69 Å². The van der Waals surface area contributed by atoms with E-state index >= 15 is 0 Å². The van der Waals surface area contributed by atoms with Crippen LogP contribution in [0.3, 0.4) is 0 Å². The number of aryl methyl sites for hydroxylation is 3. The SMILES string of the molecule is CCNc1c(C)cnc2c(C)c(C)nn12. The molecule has 0 spiro atoms. The van der Waals surface area contributed by atoms with Crippen LogP contribution >= 0.6 is 0 Å². The minimum Gasteiger partial charge on any atom is -0.370 e. The lowest BCUT2D eigenvalue weighted by Crippen LogP contribution is -2.07. The van der Waals surface area contributed by atoms with Crippen molar-refractivity contribution in [2.24, 2.45) is 0 Å². The molecule has 0 aromatic carbocycles. The summed E-state index contributed by atoms with van der Waals surface area (Å²) in [6.07, 6.45) is 1.89. The Morgan fingerprint density at radius 2 is 2.07 bits per heavy atom. The molecule has 0 bridgehead atoms. The Morgan fingerprint density at radius 3 is 2.73 bits per heavy atom. The van der Waals surface area contributed by atoms with Crippen LogP contribution in [0.4, 0.5) is 5.82 Å². The first-order valence-electron chi connectivity index (χ1n) is 5.20. The van der Waals surface area contributed by atoms with Gasteiger partial charge >= 0.3 is 0 Å². The van der Waals surface area contributed by atoms with E-state index in [2.05, 4.69) is 29.2 Å². The van der Waals surface area contributed by atoms with Gasteiger partial charge in [0.25, 0.3) is 0 Å².